The zero-order valence-corrected chi connectivity index (χ0v) is 16.8. The second-order valence-corrected chi connectivity index (χ2v) is 7.69. The fraction of sp³-hybridized carbons (Fsp3) is 0.167. The van der Waals surface area contributed by atoms with Crippen LogP contribution in [0.5, 0.6) is 0 Å². The summed E-state index contributed by atoms with van der Waals surface area (Å²) in [5.74, 6) is -0.0922. The minimum atomic E-state index is -0.0922. The van der Waals surface area contributed by atoms with E-state index in [0.717, 1.165) is 16.6 Å². The molecule has 4 aromatic rings. The first kappa shape index (κ1) is 19.2. The smallest absolute Gasteiger partial charge is 0.240 e. The van der Waals surface area contributed by atoms with Gasteiger partial charge in [0.25, 0.3) is 0 Å². The molecule has 0 bridgehead atoms. The van der Waals surface area contributed by atoms with Crippen LogP contribution in [0, 0.1) is 0 Å². The van der Waals surface area contributed by atoms with Crippen molar-refractivity contribution in [3.63, 3.8) is 0 Å². The van der Waals surface area contributed by atoms with Gasteiger partial charge in [0.1, 0.15) is 6.54 Å². The van der Waals surface area contributed by atoms with E-state index in [1.54, 1.807) is 0 Å². The van der Waals surface area contributed by atoms with E-state index in [2.05, 4.69) is 5.32 Å². The van der Waals surface area contributed by atoms with Crippen LogP contribution in [0.2, 0.25) is 5.02 Å². The molecule has 4 rings (SSSR count). The van der Waals surface area contributed by atoms with Crippen molar-refractivity contribution in [1.29, 1.82) is 0 Å². The maximum Gasteiger partial charge on any atom is 0.240 e. The molecule has 0 aliphatic carbocycles. The van der Waals surface area contributed by atoms with Crippen molar-refractivity contribution in [1.82, 2.24) is 9.88 Å². The Kier molecular flexibility index (Phi) is 5.36. The molecule has 1 amide bonds. The lowest BCUT2D eigenvalue weighted by Gasteiger charge is -2.18. The highest BCUT2D eigenvalue weighted by Gasteiger charge is 2.14. The first-order valence-electron chi connectivity index (χ1n) is 9.57. The minimum absolute atomic E-state index is 0.0102. The number of halogens is 1. The number of benzene rings is 3. The highest BCUT2D eigenvalue weighted by molar-refractivity contribution is 6.30. The van der Waals surface area contributed by atoms with E-state index in [1.165, 1.54) is 0 Å². The summed E-state index contributed by atoms with van der Waals surface area (Å²) in [5.41, 5.74) is 2.62. The summed E-state index contributed by atoms with van der Waals surface area (Å²) >= 11 is 5.93. The first-order valence-corrected chi connectivity index (χ1v) is 9.95. The number of hydrogen-bond donors (Lipinski definition) is 1. The van der Waals surface area contributed by atoms with Crippen LogP contribution >= 0.6 is 11.6 Å². The first-order chi connectivity index (χ1) is 14.0. The number of amides is 1. The standard InChI is InChI=1S/C24H21ClN2O2/c1-16(14-17-10-12-18(25)13-11-17)26-23(28)15-27-21-8-4-2-6-19(21)24(29)20-7-3-5-9-22(20)27/h2-13,16H,14-15H2,1H3,(H,26,28)/t16-/m0/s1. The molecule has 29 heavy (non-hydrogen) atoms. The van der Waals surface area contributed by atoms with E-state index < -0.39 is 0 Å². The summed E-state index contributed by atoms with van der Waals surface area (Å²) in [5, 5.41) is 5.00. The molecule has 146 valence electrons. The van der Waals surface area contributed by atoms with Crippen molar-refractivity contribution >= 4 is 39.3 Å². The van der Waals surface area contributed by atoms with E-state index in [-0.39, 0.29) is 23.9 Å². The van der Waals surface area contributed by atoms with Crippen molar-refractivity contribution in [2.24, 2.45) is 0 Å². The van der Waals surface area contributed by atoms with Gasteiger partial charge >= 0.3 is 0 Å². The van der Waals surface area contributed by atoms with Crippen LogP contribution in [0.3, 0.4) is 0 Å². The lowest BCUT2D eigenvalue weighted by Crippen LogP contribution is -2.36. The van der Waals surface area contributed by atoms with Gasteiger partial charge in [-0.15, -0.1) is 0 Å². The van der Waals surface area contributed by atoms with E-state index in [4.69, 9.17) is 11.6 Å². The quantitative estimate of drug-likeness (QED) is 0.496. The topological polar surface area (TPSA) is 51.1 Å². The normalized spacial score (nSPS) is 12.2. The maximum atomic E-state index is 12.8. The fourth-order valence-corrected chi connectivity index (χ4v) is 3.86. The van der Waals surface area contributed by atoms with Crippen LogP contribution in [0.25, 0.3) is 21.8 Å². The number of aromatic nitrogens is 1. The number of rotatable bonds is 5. The van der Waals surface area contributed by atoms with Crippen molar-refractivity contribution in [3.8, 4) is 0 Å². The molecule has 1 heterocycles. The molecule has 0 spiro atoms. The molecule has 0 fully saturated rings. The molecule has 0 aliphatic rings. The van der Waals surface area contributed by atoms with Gasteiger partial charge in [-0.3, -0.25) is 9.59 Å². The second-order valence-electron chi connectivity index (χ2n) is 7.25. The highest BCUT2D eigenvalue weighted by atomic mass is 35.5. The van der Waals surface area contributed by atoms with Gasteiger partial charge in [0.15, 0.2) is 5.43 Å². The largest absolute Gasteiger partial charge is 0.352 e. The second kappa shape index (κ2) is 8.10. The number of nitrogens with zero attached hydrogens (tertiary/aromatic N) is 1. The van der Waals surface area contributed by atoms with Crippen LogP contribution in [-0.2, 0) is 17.8 Å². The molecule has 4 nitrogen and oxygen atoms in total. The SMILES string of the molecule is C[C@@H](Cc1ccc(Cl)cc1)NC(=O)Cn1c2ccccc2c(=O)c2ccccc21. The van der Waals surface area contributed by atoms with Crippen LogP contribution in [0.1, 0.15) is 12.5 Å². The van der Waals surface area contributed by atoms with E-state index >= 15 is 0 Å². The monoisotopic (exact) mass is 404 g/mol. The zero-order chi connectivity index (χ0) is 20.4. The Morgan fingerprint density at radius 2 is 1.48 bits per heavy atom. The third-order valence-electron chi connectivity index (χ3n) is 5.04. The Hall–Kier alpha value is -3.11. The predicted octanol–water partition coefficient (Wildman–Crippen LogP) is 4.56. The van der Waals surface area contributed by atoms with Gasteiger partial charge in [0.05, 0.1) is 11.0 Å². The third kappa shape index (κ3) is 4.03. The van der Waals surface area contributed by atoms with Crippen LogP contribution in [-0.4, -0.2) is 16.5 Å². The number of nitrogens with one attached hydrogen (secondary N) is 1. The summed E-state index contributed by atoms with van der Waals surface area (Å²) in [6.45, 7) is 2.13. The van der Waals surface area contributed by atoms with Gasteiger partial charge in [-0.2, -0.15) is 0 Å². The molecule has 1 N–H and O–H groups in total. The number of carbonyl (C=O) groups excluding carboxylic acids is 1. The van der Waals surface area contributed by atoms with Gasteiger partial charge < -0.3 is 9.88 Å². The molecular formula is C24H21ClN2O2. The summed E-state index contributed by atoms with van der Waals surface area (Å²) in [7, 11) is 0. The zero-order valence-electron chi connectivity index (χ0n) is 16.1. The van der Waals surface area contributed by atoms with Crippen LogP contribution in [0.4, 0.5) is 0 Å². The molecule has 5 heteroatoms. The molecule has 1 aromatic heterocycles. The predicted molar refractivity (Wildman–Crippen MR) is 118 cm³/mol. The van der Waals surface area contributed by atoms with E-state index in [0.29, 0.717) is 22.2 Å². The molecule has 0 saturated heterocycles. The minimum Gasteiger partial charge on any atom is -0.352 e. The van der Waals surface area contributed by atoms with Crippen molar-refractivity contribution in [2.75, 3.05) is 0 Å². The average molecular weight is 405 g/mol. The molecular weight excluding hydrogens is 384 g/mol. The third-order valence-corrected chi connectivity index (χ3v) is 5.30. The Balaban J connectivity index is 1.61. The lowest BCUT2D eigenvalue weighted by atomic mass is 10.1. The van der Waals surface area contributed by atoms with Crippen LogP contribution < -0.4 is 10.7 Å². The van der Waals surface area contributed by atoms with Crippen molar-refractivity contribution in [3.05, 3.63) is 93.6 Å². The van der Waals surface area contributed by atoms with E-state index in [1.807, 2.05) is 84.3 Å². The number of para-hydroxylation sites is 2. The summed E-state index contributed by atoms with van der Waals surface area (Å²) < 4.78 is 1.91. The molecule has 1 atom stereocenters. The van der Waals surface area contributed by atoms with Gasteiger partial charge in [-0.1, -0.05) is 48.0 Å². The Morgan fingerprint density at radius 3 is 2.07 bits per heavy atom. The number of carbonyl (C=O) groups is 1. The van der Waals surface area contributed by atoms with E-state index in [9.17, 15) is 9.59 Å². The molecule has 0 aliphatic heterocycles. The molecule has 0 radical (unpaired) electrons. The molecule has 0 unspecified atom stereocenters. The molecule has 3 aromatic carbocycles. The maximum absolute atomic E-state index is 12.8. The van der Waals surface area contributed by atoms with Gasteiger partial charge in [0.2, 0.25) is 5.91 Å². The summed E-state index contributed by atoms with van der Waals surface area (Å²) in [6.07, 6.45) is 0.717. The van der Waals surface area contributed by atoms with Crippen LogP contribution in [0.15, 0.2) is 77.6 Å². The number of hydrogen-bond acceptors (Lipinski definition) is 2. The van der Waals surface area contributed by atoms with Gasteiger partial charge in [-0.25, -0.2) is 0 Å². The van der Waals surface area contributed by atoms with Crippen molar-refractivity contribution in [2.45, 2.75) is 25.9 Å². The van der Waals surface area contributed by atoms with Gasteiger partial charge in [0, 0.05) is 21.8 Å². The Labute approximate surface area is 173 Å². The average Bonchev–Trinajstić information content (AvgIpc) is 2.73. The Morgan fingerprint density at radius 1 is 0.931 bits per heavy atom. The summed E-state index contributed by atoms with van der Waals surface area (Å²) in [4.78, 5) is 25.6. The fourth-order valence-electron chi connectivity index (χ4n) is 3.74. The number of fused-ring (bicyclic) bond motifs is 2. The number of pyridine rings is 1. The highest BCUT2D eigenvalue weighted by Crippen LogP contribution is 2.19. The molecule has 0 saturated carbocycles. The summed E-state index contributed by atoms with van der Waals surface area (Å²) in [6, 6.07) is 22.4. The lowest BCUT2D eigenvalue weighted by molar-refractivity contribution is -0.122. The Bertz CT molecular complexity index is 1190. The van der Waals surface area contributed by atoms with Gasteiger partial charge in [-0.05, 0) is 55.3 Å². The van der Waals surface area contributed by atoms with Crippen molar-refractivity contribution < 1.29 is 4.79 Å².